The molecular formula is C15H28N2S. The van der Waals surface area contributed by atoms with Crippen LogP contribution in [0.2, 0.25) is 0 Å². The zero-order chi connectivity index (χ0) is 13.2. The van der Waals surface area contributed by atoms with Gasteiger partial charge in [-0.25, -0.2) is 0 Å². The van der Waals surface area contributed by atoms with Gasteiger partial charge in [0.2, 0.25) is 0 Å². The van der Waals surface area contributed by atoms with E-state index in [1.54, 1.807) is 0 Å². The standard InChI is InChI=1S/C15H28N2S/c1-12(2)10-17(13-5-3-4-6-13)11-15(7-8-15)9-14(16)18/h12-13H,3-11H2,1-2H3,(H2,16,18). The van der Waals surface area contributed by atoms with Gasteiger partial charge in [-0.2, -0.15) is 0 Å². The molecule has 2 aliphatic rings. The van der Waals surface area contributed by atoms with E-state index in [0.717, 1.165) is 18.4 Å². The van der Waals surface area contributed by atoms with E-state index in [1.165, 1.54) is 51.6 Å². The van der Waals surface area contributed by atoms with Crippen molar-refractivity contribution in [3.63, 3.8) is 0 Å². The van der Waals surface area contributed by atoms with E-state index in [0.29, 0.717) is 10.4 Å². The molecule has 2 saturated carbocycles. The van der Waals surface area contributed by atoms with Gasteiger partial charge in [-0.1, -0.05) is 38.9 Å². The smallest absolute Gasteiger partial charge is 0.0733 e. The Bertz CT molecular complexity index is 291. The van der Waals surface area contributed by atoms with Gasteiger partial charge in [-0.3, -0.25) is 4.90 Å². The van der Waals surface area contributed by atoms with Gasteiger partial charge in [0.1, 0.15) is 0 Å². The van der Waals surface area contributed by atoms with Crippen LogP contribution in [0, 0.1) is 11.3 Å². The Labute approximate surface area is 117 Å². The van der Waals surface area contributed by atoms with Crippen LogP contribution in [0.15, 0.2) is 0 Å². The molecule has 2 fully saturated rings. The summed E-state index contributed by atoms with van der Waals surface area (Å²) in [7, 11) is 0. The highest BCUT2D eigenvalue weighted by Gasteiger charge is 2.45. The zero-order valence-corrected chi connectivity index (χ0v) is 12.8. The number of nitrogens with two attached hydrogens (primary N) is 1. The highest BCUT2D eigenvalue weighted by molar-refractivity contribution is 7.80. The third-order valence-electron chi connectivity index (χ3n) is 4.49. The molecule has 0 heterocycles. The lowest BCUT2D eigenvalue weighted by atomic mass is 9.99. The monoisotopic (exact) mass is 268 g/mol. The topological polar surface area (TPSA) is 29.3 Å². The summed E-state index contributed by atoms with van der Waals surface area (Å²) >= 11 is 5.12. The van der Waals surface area contributed by atoms with Crippen molar-refractivity contribution in [3.05, 3.63) is 0 Å². The second kappa shape index (κ2) is 5.87. The lowest BCUT2D eigenvalue weighted by molar-refractivity contribution is 0.144. The summed E-state index contributed by atoms with van der Waals surface area (Å²) in [5, 5.41) is 0. The molecule has 0 saturated heterocycles. The van der Waals surface area contributed by atoms with Gasteiger partial charge in [0.05, 0.1) is 4.99 Å². The van der Waals surface area contributed by atoms with E-state index >= 15 is 0 Å². The molecule has 0 amide bonds. The molecule has 0 aliphatic heterocycles. The van der Waals surface area contributed by atoms with Crippen LogP contribution >= 0.6 is 12.2 Å². The molecule has 0 atom stereocenters. The fourth-order valence-corrected chi connectivity index (χ4v) is 3.76. The average molecular weight is 268 g/mol. The summed E-state index contributed by atoms with van der Waals surface area (Å²) in [6, 6.07) is 0.830. The maximum absolute atomic E-state index is 5.76. The summed E-state index contributed by atoms with van der Waals surface area (Å²) < 4.78 is 0. The van der Waals surface area contributed by atoms with Crippen LogP contribution in [0.5, 0.6) is 0 Å². The van der Waals surface area contributed by atoms with Gasteiger partial charge < -0.3 is 5.73 Å². The minimum Gasteiger partial charge on any atom is -0.393 e. The van der Waals surface area contributed by atoms with E-state index in [2.05, 4.69) is 18.7 Å². The highest BCUT2D eigenvalue weighted by Crippen LogP contribution is 2.50. The average Bonchev–Trinajstić information content (AvgIpc) is 2.80. The molecule has 104 valence electrons. The number of rotatable bonds is 7. The largest absolute Gasteiger partial charge is 0.393 e. The Hall–Kier alpha value is -0.150. The number of nitrogens with zero attached hydrogens (tertiary/aromatic N) is 1. The van der Waals surface area contributed by atoms with Crippen molar-refractivity contribution in [1.29, 1.82) is 0 Å². The van der Waals surface area contributed by atoms with Gasteiger partial charge in [-0.15, -0.1) is 0 Å². The predicted molar refractivity (Wildman–Crippen MR) is 81.7 cm³/mol. The lowest BCUT2D eigenvalue weighted by Crippen LogP contribution is -2.41. The van der Waals surface area contributed by atoms with Crippen molar-refractivity contribution < 1.29 is 0 Å². The van der Waals surface area contributed by atoms with E-state index < -0.39 is 0 Å². The molecule has 0 aromatic heterocycles. The first-order chi connectivity index (χ1) is 8.51. The molecule has 0 unspecified atom stereocenters. The molecule has 2 nitrogen and oxygen atoms in total. The normalized spacial score (nSPS) is 22.9. The number of hydrogen-bond donors (Lipinski definition) is 1. The van der Waals surface area contributed by atoms with Gasteiger partial charge in [0.25, 0.3) is 0 Å². The molecule has 0 radical (unpaired) electrons. The number of thiocarbonyl (C=S) groups is 1. The molecule has 2 N–H and O–H groups in total. The first-order valence-electron chi connectivity index (χ1n) is 7.53. The summed E-state index contributed by atoms with van der Waals surface area (Å²) in [6.45, 7) is 7.13. The molecule has 0 aromatic carbocycles. The van der Waals surface area contributed by atoms with Crippen molar-refractivity contribution in [3.8, 4) is 0 Å². The van der Waals surface area contributed by atoms with Crippen LogP contribution in [0.25, 0.3) is 0 Å². The zero-order valence-electron chi connectivity index (χ0n) is 12.0. The Morgan fingerprint density at radius 3 is 2.39 bits per heavy atom. The fourth-order valence-electron chi connectivity index (χ4n) is 3.45. The van der Waals surface area contributed by atoms with Gasteiger partial charge in [0.15, 0.2) is 0 Å². The van der Waals surface area contributed by atoms with Crippen LogP contribution < -0.4 is 5.73 Å². The van der Waals surface area contributed by atoms with Crippen molar-refractivity contribution in [2.45, 2.75) is 64.8 Å². The highest BCUT2D eigenvalue weighted by atomic mass is 32.1. The molecule has 18 heavy (non-hydrogen) atoms. The Balaban J connectivity index is 1.94. The molecule has 0 bridgehead atoms. The molecule has 0 aromatic rings. The van der Waals surface area contributed by atoms with Crippen LogP contribution in [0.4, 0.5) is 0 Å². The van der Waals surface area contributed by atoms with E-state index in [1.807, 2.05) is 0 Å². The van der Waals surface area contributed by atoms with Crippen molar-refractivity contribution in [2.75, 3.05) is 13.1 Å². The van der Waals surface area contributed by atoms with E-state index in [4.69, 9.17) is 18.0 Å². The molecule has 2 rings (SSSR count). The molecule has 2 aliphatic carbocycles. The third-order valence-corrected chi connectivity index (χ3v) is 4.63. The maximum Gasteiger partial charge on any atom is 0.0733 e. The minimum absolute atomic E-state index is 0.448. The van der Waals surface area contributed by atoms with Gasteiger partial charge in [0, 0.05) is 25.6 Å². The van der Waals surface area contributed by atoms with E-state index in [-0.39, 0.29) is 0 Å². The minimum atomic E-state index is 0.448. The summed E-state index contributed by atoms with van der Waals surface area (Å²) in [6.07, 6.45) is 9.25. The Kier molecular flexibility index (Phi) is 4.65. The second-order valence-electron chi connectivity index (χ2n) is 6.90. The maximum atomic E-state index is 5.76. The van der Waals surface area contributed by atoms with Crippen LogP contribution in [-0.4, -0.2) is 29.0 Å². The van der Waals surface area contributed by atoms with Crippen LogP contribution in [-0.2, 0) is 0 Å². The first kappa shape index (κ1) is 14.3. The van der Waals surface area contributed by atoms with Crippen molar-refractivity contribution in [1.82, 2.24) is 4.90 Å². The molecule has 0 spiro atoms. The summed E-state index contributed by atoms with van der Waals surface area (Å²) in [5.41, 5.74) is 6.21. The number of hydrogen-bond acceptors (Lipinski definition) is 2. The first-order valence-corrected chi connectivity index (χ1v) is 7.94. The molecule has 3 heteroatoms. The van der Waals surface area contributed by atoms with Crippen LogP contribution in [0.1, 0.15) is 58.8 Å². The van der Waals surface area contributed by atoms with Crippen LogP contribution in [0.3, 0.4) is 0 Å². The second-order valence-corrected chi connectivity index (χ2v) is 7.43. The van der Waals surface area contributed by atoms with Crippen molar-refractivity contribution >= 4 is 17.2 Å². The lowest BCUT2D eigenvalue weighted by Gasteiger charge is -2.34. The quantitative estimate of drug-likeness (QED) is 0.718. The SMILES string of the molecule is CC(C)CN(CC1(CC(N)=S)CC1)C1CCCC1. The Morgan fingerprint density at radius 2 is 1.94 bits per heavy atom. The van der Waals surface area contributed by atoms with E-state index in [9.17, 15) is 0 Å². The Morgan fingerprint density at radius 1 is 1.33 bits per heavy atom. The fraction of sp³-hybridized carbons (Fsp3) is 0.933. The van der Waals surface area contributed by atoms with Gasteiger partial charge in [-0.05, 0) is 37.0 Å². The predicted octanol–water partition coefficient (Wildman–Crippen LogP) is 3.34. The van der Waals surface area contributed by atoms with Gasteiger partial charge >= 0.3 is 0 Å². The summed E-state index contributed by atoms with van der Waals surface area (Å²) in [5.74, 6) is 0.756. The third kappa shape index (κ3) is 3.92. The van der Waals surface area contributed by atoms with Crippen molar-refractivity contribution in [2.24, 2.45) is 17.1 Å². The summed E-state index contributed by atoms with van der Waals surface area (Å²) in [4.78, 5) is 3.46. The molecular weight excluding hydrogens is 240 g/mol.